The monoisotopic (exact) mass is 716 g/mol. The molecule has 0 radical (unpaired) electrons. The van der Waals surface area contributed by atoms with Crippen LogP contribution in [-0.2, 0) is 38.9 Å². The first kappa shape index (κ1) is 41.4. The van der Waals surface area contributed by atoms with Crippen LogP contribution in [0.5, 0.6) is 11.5 Å². The number of hydrogen-bond acceptors (Lipinski definition) is 3. The summed E-state index contributed by atoms with van der Waals surface area (Å²) in [6.45, 7) is 41.1. The second kappa shape index (κ2) is 13.8. The Balaban J connectivity index is 2.26. The van der Waals surface area contributed by atoms with Crippen LogP contribution >= 0.6 is 7.94 Å². The van der Waals surface area contributed by atoms with Gasteiger partial charge in [-0.05, 0) is 80.9 Å². The van der Waals surface area contributed by atoms with Gasteiger partial charge in [0.1, 0.15) is 0 Å². The van der Waals surface area contributed by atoms with Gasteiger partial charge in [0.15, 0.2) is 11.5 Å². The van der Waals surface area contributed by atoms with E-state index in [1.807, 2.05) is 0 Å². The molecule has 0 atom stereocenters. The summed E-state index contributed by atoms with van der Waals surface area (Å²) in [7, 11) is -3.80. The topological polar surface area (TPSA) is 38.7 Å². The van der Waals surface area contributed by atoms with Gasteiger partial charge in [0, 0.05) is 34.2 Å². The summed E-state index contributed by atoms with van der Waals surface area (Å²) in [6, 6.07) is 16.1. The maximum absolute atomic E-state index is 13.5. The highest BCUT2D eigenvalue weighted by Crippen LogP contribution is 2.62. The molecule has 1 heterocycles. The molecule has 282 valence electrons. The van der Waals surface area contributed by atoms with Crippen molar-refractivity contribution in [2.75, 3.05) is 0 Å². The molecule has 0 aromatic heterocycles. The van der Waals surface area contributed by atoms with Crippen LogP contribution in [0.2, 0.25) is 0 Å². The summed E-state index contributed by atoms with van der Waals surface area (Å²) >= 11 is 0. The number of hydrogen-bond donors (Lipinski definition) is 1. The third-order valence-corrected chi connectivity index (χ3v) is 14.5. The Bertz CT molecular complexity index is 1650. The predicted molar refractivity (Wildman–Crippen MR) is 223 cm³/mol. The smallest absolute Gasteiger partial charge is 0.273 e. The molecule has 3 aromatic rings. The van der Waals surface area contributed by atoms with Gasteiger partial charge in [0.2, 0.25) is 5.30 Å². The first-order valence-corrected chi connectivity index (χ1v) is 21.3. The van der Waals surface area contributed by atoms with Gasteiger partial charge in [0.05, 0.1) is 0 Å². The second-order valence-electron chi connectivity index (χ2n) is 20.1. The van der Waals surface area contributed by atoms with Gasteiger partial charge in [-0.3, -0.25) is 9.05 Å². The standard InChI is InChI=1S/C47H72O3P/c1-19-44(11,12)34-26-31-25-32-27-35(45(13,14)20-2)30-38(47(17,18)22-4)41(32)50-51(48,49-40(31)37(29-34)46(15,16)21-3)39-24-23-33(42(5,6)7)28-36(39)43(8,9)10/h23-24,26-30,48H,19-22,25H2,1-18H3/q+1. The van der Waals surface area contributed by atoms with Crippen molar-refractivity contribution in [2.24, 2.45) is 0 Å². The molecule has 0 aliphatic carbocycles. The molecular weight excluding hydrogens is 643 g/mol. The highest BCUT2D eigenvalue weighted by molar-refractivity contribution is 7.69. The van der Waals surface area contributed by atoms with Crippen LogP contribution in [0.25, 0.3) is 0 Å². The summed E-state index contributed by atoms with van der Waals surface area (Å²) in [6.07, 6.45) is 4.58. The van der Waals surface area contributed by atoms with Gasteiger partial charge in [-0.2, -0.15) is 4.89 Å². The van der Waals surface area contributed by atoms with Crippen molar-refractivity contribution >= 4 is 13.2 Å². The fraction of sp³-hybridized carbons (Fsp3) is 0.617. The molecule has 0 unspecified atom stereocenters. The normalized spacial score (nSPS) is 15.7. The Labute approximate surface area is 313 Å². The maximum atomic E-state index is 13.5. The van der Waals surface area contributed by atoms with Crippen molar-refractivity contribution in [1.82, 2.24) is 0 Å². The van der Waals surface area contributed by atoms with E-state index in [1.165, 1.54) is 16.7 Å². The molecule has 4 heteroatoms. The molecule has 0 amide bonds. The van der Waals surface area contributed by atoms with Crippen molar-refractivity contribution in [3.8, 4) is 11.5 Å². The van der Waals surface area contributed by atoms with E-state index in [9.17, 15) is 4.89 Å². The molecule has 0 saturated heterocycles. The summed E-state index contributed by atoms with van der Waals surface area (Å²) in [5.41, 5.74) is 8.72. The minimum Gasteiger partial charge on any atom is -0.273 e. The molecule has 0 saturated carbocycles. The zero-order valence-electron chi connectivity index (χ0n) is 35.8. The minimum absolute atomic E-state index is 0.0235. The van der Waals surface area contributed by atoms with Crippen LogP contribution in [-0.4, -0.2) is 4.89 Å². The lowest BCUT2D eigenvalue weighted by molar-refractivity contribution is 0.341. The van der Waals surface area contributed by atoms with Crippen LogP contribution < -0.4 is 14.4 Å². The lowest BCUT2D eigenvalue weighted by Gasteiger charge is -2.36. The summed E-state index contributed by atoms with van der Waals surface area (Å²) in [4.78, 5) is 13.5. The van der Waals surface area contributed by atoms with E-state index in [1.54, 1.807) is 0 Å². The van der Waals surface area contributed by atoms with Crippen LogP contribution in [0.15, 0.2) is 42.5 Å². The van der Waals surface area contributed by atoms with Gasteiger partial charge >= 0.3 is 7.94 Å². The molecule has 51 heavy (non-hydrogen) atoms. The molecule has 1 aliphatic heterocycles. The Morgan fingerprint density at radius 1 is 0.490 bits per heavy atom. The van der Waals surface area contributed by atoms with Gasteiger partial charge in [-0.25, -0.2) is 0 Å². The van der Waals surface area contributed by atoms with Crippen molar-refractivity contribution in [1.29, 1.82) is 0 Å². The van der Waals surface area contributed by atoms with Gasteiger partial charge < -0.3 is 0 Å². The van der Waals surface area contributed by atoms with Crippen molar-refractivity contribution in [2.45, 2.75) is 189 Å². The first-order valence-electron chi connectivity index (χ1n) is 19.7. The average molecular weight is 716 g/mol. The quantitative estimate of drug-likeness (QED) is 0.224. The number of benzene rings is 3. The lowest BCUT2D eigenvalue weighted by atomic mass is 9.73. The van der Waals surface area contributed by atoms with E-state index >= 15 is 0 Å². The first-order chi connectivity index (χ1) is 23.2. The molecule has 4 rings (SSSR count). The molecule has 1 N–H and O–H groups in total. The lowest BCUT2D eigenvalue weighted by Crippen LogP contribution is -2.33. The predicted octanol–water partition coefficient (Wildman–Crippen LogP) is 13.5. The van der Waals surface area contributed by atoms with Crippen LogP contribution in [0.3, 0.4) is 0 Å². The molecule has 3 aromatic carbocycles. The Hall–Kier alpha value is -2.35. The van der Waals surface area contributed by atoms with E-state index in [-0.39, 0.29) is 32.5 Å². The zero-order valence-corrected chi connectivity index (χ0v) is 36.7. The summed E-state index contributed by atoms with van der Waals surface area (Å²) < 4.78 is 14.6. The third kappa shape index (κ3) is 8.11. The van der Waals surface area contributed by atoms with Gasteiger partial charge in [-0.15, -0.1) is 0 Å². The SMILES string of the molecule is CCC(C)(C)c1cc2c(c(C(C)(C)CC)c1)O[P+](O)(c1ccc(C(C)(C)C)cc1C(C)(C)C)Oc1c(cc(C(C)(C)CC)cc1C(C)(C)CC)C2. The van der Waals surface area contributed by atoms with E-state index in [4.69, 9.17) is 9.05 Å². The van der Waals surface area contributed by atoms with E-state index in [2.05, 4.69) is 167 Å². The Morgan fingerprint density at radius 2 is 0.863 bits per heavy atom. The van der Waals surface area contributed by atoms with Crippen LogP contribution in [0.1, 0.15) is 195 Å². The van der Waals surface area contributed by atoms with Gasteiger partial charge in [0.25, 0.3) is 0 Å². The van der Waals surface area contributed by atoms with Crippen LogP contribution in [0.4, 0.5) is 0 Å². The second-order valence-corrected chi connectivity index (χ2v) is 22.0. The van der Waals surface area contributed by atoms with E-state index in [0.29, 0.717) is 6.42 Å². The zero-order chi connectivity index (χ0) is 38.8. The fourth-order valence-electron chi connectivity index (χ4n) is 6.85. The molecule has 0 spiro atoms. The molecule has 0 bridgehead atoms. The number of rotatable bonds is 9. The van der Waals surface area contributed by atoms with Crippen molar-refractivity contribution in [3.63, 3.8) is 0 Å². The maximum Gasteiger partial charge on any atom is 0.533 e. The molecule has 1 aliphatic rings. The average Bonchev–Trinajstić information content (AvgIpc) is 3.03. The summed E-state index contributed by atoms with van der Waals surface area (Å²) in [5.74, 6) is 1.57. The molecule has 3 nitrogen and oxygen atoms in total. The largest absolute Gasteiger partial charge is 0.533 e. The molecule has 0 fully saturated rings. The van der Waals surface area contributed by atoms with E-state index in [0.717, 1.165) is 70.3 Å². The third-order valence-electron chi connectivity index (χ3n) is 12.7. The Kier molecular flexibility index (Phi) is 11.2. The minimum atomic E-state index is -3.80. The van der Waals surface area contributed by atoms with Crippen molar-refractivity contribution in [3.05, 3.63) is 87.0 Å². The van der Waals surface area contributed by atoms with Crippen molar-refractivity contribution < 1.29 is 13.9 Å². The fourth-order valence-corrected chi connectivity index (χ4v) is 8.98. The van der Waals surface area contributed by atoms with E-state index < -0.39 is 7.94 Å². The summed E-state index contributed by atoms with van der Waals surface area (Å²) in [5, 5.41) is 0.762. The highest BCUT2D eigenvalue weighted by atomic mass is 31.2. The molecular formula is C47H72O3P+. The number of fused-ring (bicyclic) bond motifs is 2. The van der Waals surface area contributed by atoms with Crippen LogP contribution in [0, 0.1) is 0 Å². The highest BCUT2D eigenvalue weighted by Gasteiger charge is 2.54. The van der Waals surface area contributed by atoms with Gasteiger partial charge in [-0.1, -0.05) is 161 Å². The Morgan fingerprint density at radius 3 is 1.20 bits per heavy atom.